The number of benzene rings is 1. The minimum atomic E-state index is -3.65. The minimum Gasteiger partial charge on any atom is -0.368 e. The third-order valence-electron chi connectivity index (χ3n) is 4.02. The highest BCUT2D eigenvalue weighted by molar-refractivity contribution is 7.89. The normalized spacial score (nSPS) is 16.7. The summed E-state index contributed by atoms with van der Waals surface area (Å²) in [7, 11) is -2.13. The van der Waals surface area contributed by atoms with Gasteiger partial charge in [0.15, 0.2) is 0 Å². The van der Waals surface area contributed by atoms with Crippen molar-refractivity contribution in [2.24, 2.45) is 0 Å². The summed E-state index contributed by atoms with van der Waals surface area (Å²) in [5, 5.41) is 6.26. The molecule has 142 valence electrons. The lowest BCUT2D eigenvalue weighted by atomic mass is 9.91. The van der Waals surface area contributed by atoms with Gasteiger partial charge < -0.3 is 15.4 Å². The summed E-state index contributed by atoms with van der Waals surface area (Å²) in [6.07, 6.45) is 1.17. The molecule has 1 aliphatic rings. The van der Waals surface area contributed by atoms with Gasteiger partial charge in [-0.2, -0.15) is 0 Å². The first kappa shape index (κ1) is 22.1. The van der Waals surface area contributed by atoms with Crippen molar-refractivity contribution in [3.05, 3.63) is 29.3 Å². The van der Waals surface area contributed by atoms with Gasteiger partial charge in [-0.05, 0) is 44.1 Å². The summed E-state index contributed by atoms with van der Waals surface area (Å²) in [6.45, 7) is 1.68. The Morgan fingerprint density at radius 2 is 2.00 bits per heavy atom. The molecular formula is C15H23Cl2N3O4S. The fourth-order valence-electron chi connectivity index (χ4n) is 2.59. The number of ether oxygens (including phenoxy) is 1. The van der Waals surface area contributed by atoms with E-state index in [0.29, 0.717) is 31.0 Å². The maximum absolute atomic E-state index is 12.3. The molecule has 0 atom stereocenters. The number of rotatable bonds is 7. The lowest BCUT2D eigenvalue weighted by Crippen LogP contribution is -2.54. The molecular weight excluding hydrogens is 389 g/mol. The SMILES string of the molecule is COC1(C(=O)NCCNS(=O)(=O)c2cccc(Cl)c2)CCNCC1.Cl. The van der Waals surface area contributed by atoms with Gasteiger partial charge in [-0.25, -0.2) is 13.1 Å². The van der Waals surface area contributed by atoms with Crippen LogP contribution in [0.3, 0.4) is 0 Å². The molecule has 7 nitrogen and oxygen atoms in total. The average Bonchev–Trinajstić information content (AvgIpc) is 2.59. The van der Waals surface area contributed by atoms with E-state index in [9.17, 15) is 13.2 Å². The van der Waals surface area contributed by atoms with E-state index < -0.39 is 15.6 Å². The van der Waals surface area contributed by atoms with Gasteiger partial charge in [0.2, 0.25) is 10.0 Å². The maximum atomic E-state index is 12.3. The lowest BCUT2D eigenvalue weighted by molar-refractivity contribution is -0.146. The zero-order valence-electron chi connectivity index (χ0n) is 13.9. The number of methoxy groups -OCH3 is 1. The number of hydrogen-bond acceptors (Lipinski definition) is 5. The van der Waals surface area contributed by atoms with Gasteiger partial charge in [0.1, 0.15) is 5.60 Å². The van der Waals surface area contributed by atoms with Crippen molar-refractivity contribution in [2.45, 2.75) is 23.3 Å². The van der Waals surface area contributed by atoms with Crippen LogP contribution in [0, 0.1) is 0 Å². The quantitative estimate of drug-likeness (QED) is 0.579. The third kappa shape index (κ3) is 5.80. The van der Waals surface area contributed by atoms with Crippen LogP contribution in [0.15, 0.2) is 29.2 Å². The largest absolute Gasteiger partial charge is 0.368 e. The van der Waals surface area contributed by atoms with Crippen LogP contribution in [0.2, 0.25) is 5.02 Å². The first-order chi connectivity index (χ1) is 11.4. The Bertz CT molecular complexity index is 679. The van der Waals surface area contributed by atoms with E-state index in [0.717, 1.165) is 0 Å². The van der Waals surface area contributed by atoms with Crippen molar-refractivity contribution in [3.63, 3.8) is 0 Å². The predicted molar refractivity (Wildman–Crippen MR) is 98.7 cm³/mol. The highest BCUT2D eigenvalue weighted by Crippen LogP contribution is 2.22. The molecule has 1 heterocycles. The van der Waals surface area contributed by atoms with Crippen LogP contribution in [0.4, 0.5) is 0 Å². The Hall–Kier alpha value is -0.900. The molecule has 1 aromatic rings. The highest BCUT2D eigenvalue weighted by atomic mass is 35.5. The second-order valence-corrected chi connectivity index (χ2v) is 7.76. The van der Waals surface area contributed by atoms with Crippen molar-refractivity contribution in [1.29, 1.82) is 0 Å². The Morgan fingerprint density at radius 3 is 2.60 bits per heavy atom. The molecule has 10 heteroatoms. The van der Waals surface area contributed by atoms with Crippen molar-refractivity contribution >= 4 is 39.9 Å². The van der Waals surface area contributed by atoms with E-state index in [4.69, 9.17) is 16.3 Å². The monoisotopic (exact) mass is 411 g/mol. The first-order valence-corrected chi connectivity index (χ1v) is 9.55. The van der Waals surface area contributed by atoms with Gasteiger partial charge >= 0.3 is 0 Å². The Balaban J connectivity index is 0.00000312. The summed E-state index contributed by atoms with van der Waals surface area (Å²) in [5.74, 6) is -0.214. The van der Waals surface area contributed by atoms with E-state index in [1.54, 1.807) is 12.1 Å². The smallest absolute Gasteiger partial charge is 0.252 e. The van der Waals surface area contributed by atoms with Crippen LogP contribution in [-0.4, -0.2) is 53.2 Å². The van der Waals surface area contributed by atoms with Gasteiger partial charge in [0.05, 0.1) is 4.90 Å². The first-order valence-electron chi connectivity index (χ1n) is 7.69. The van der Waals surface area contributed by atoms with Crippen LogP contribution in [0.5, 0.6) is 0 Å². The molecule has 1 aromatic carbocycles. The number of halogens is 2. The number of carbonyl (C=O) groups excluding carboxylic acids is 1. The summed E-state index contributed by atoms with van der Waals surface area (Å²) >= 11 is 5.80. The number of amides is 1. The molecule has 0 aromatic heterocycles. The number of piperidine rings is 1. The van der Waals surface area contributed by atoms with Crippen molar-refractivity contribution in [3.8, 4) is 0 Å². The molecule has 25 heavy (non-hydrogen) atoms. The molecule has 0 unspecified atom stereocenters. The van der Waals surface area contributed by atoms with Crippen molar-refractivity contribution in [1.82, 2.24) is 15.4 Å². The molecule has 0 bridgehead atoms. The summed E-state index contributed by atoms with van der Waals surface area (Å²) in [4.78, 5) is 12.4. The molecule has 1 saturated heterocycles. The zero-order valence-corrected chi connectivity index (χ0v) is 16.3. The summed E-state index contributed by atoms with van der Waals surface area (Å²) < 4.78 is 32.1. The Morgan fingerprint density at radius 1 is 1.32 bits per heavy atom. The van der Waals surface area contributed by atoms with Gasteiger partial charge in [0.25, 0.3) is 5.91 Å². The van der Waals surface area contributed by atoms with Crippen molar-refractivity contribution < 1.29 is 17.9 Å². The van der Waals surface area contributed by atoms with E-state index in [1.807, 2.05) is 0 Å². The van der Waals surface area contributed by atoms with Crippen LogP contribution in [0.1, 0.15) is 12.8 Å². The molecule has 0 spiro atoms. The standard InChI is InChI=1S/C15H22ClN3O4S.ClH/c1-23-15(5-7-17-8-6-15)14(20)18-9-10-19-24(21,22)13-4-2-3-12(16)11-13;/h2-4,11,17,19H,5-10H2,1H3,(H,18,20);1H. The Kier molecular flexibility index (Phi) is 8.59. The zero-order chi connectivity index (χ0) is 17.6. The second-order valence-electron chi connectivity index (χ2n) is 5.56. The lowest BCUT2D eigenvalue weighted by Gasteiger charge is -2.34. The molecule has 1 amide bonds. The number of hydrogen-bond donors (Lipinski definition) is 3. The number of carbonyl (C=O) groups is 1. The molecule has 1 fully saturated rings. The minimum absolute atomic E-state index is 0. The van der Waals surface area contributed by atoms with Gasteiger partial charge in [0, 0.05) is 25.2 Å². The van der Waals surface area contributed by atoms with Gasteiger partial charge in [-0.1, -0.05) is 17.7 Å². The van der Waals surface area contributed by atoms with E-state index >= 15 is 0 Å². The van der Waals surface area contributed by atoms with Crippen LogP contribution < -0.4 is 15.4 Å². The van der Waals surface area contributed by atoms with E-state index in [2.05, 4.69) is 15.4 Å². The fourth-order valence-corrected chi connectivity index (χ4v) is 3.93. The summed E-state index contributed by atoms with van der Waals surface area (Å²) in [6, 6.07) is 6.00. The molecule has 3 N–H and O–H groups in total. The van der Waals surface area contributed by atoms with E-state index in [1.165, 1.54) is 19.2 Å². The Labute approximate surface area is 159 Å². The predicted octanol–water partition coefficient (Wildman–Crippen LogP) is 0.925. The molecule has 0 aliphatic carbocycles. The highest BCUT2D eigenvalue weighted by Gasteiger charge is 2.39. The molecule has 1 aliphatic heterocycles. The van der Waals surface area contributed by atoms with E-state index in [-0.39, 0.29) is 36.3 Å². The molecule has 0 radical (unpaired) electrons. The topological polar surface area (TPSA) is 96.5 Å². The average molecular weight is 412 g/mol. The van der Waals surface area contributed by atoms with Gasteiger partial charge in [-0.15, -0.1) is 12.4 Å². The number of sulfonamides is 1. The maximum Gasteiger partial charge on any atom is 0.252 e. The van der Waals surface area contributed by atoms with Crippen LogP contribution in [-0.2, 0) is 19.6 Å². The molecule has 2 rings (SSSR count). The fraction of sp³-hybridized carbons (Fsp3) is 0.533. The second kappa shape index (κ2) is 9.70. The van der Waals surface area contributed by atoms with Gasteiger partial charge in [-0.3, -0.25) is 4.79 Å². The van der Waals surface area contributed by atoms with Crippen LogP contribution >= 0.6 is 24.0 Å². The molecule has 0 saturated carbocycles. The van der Waals surface area contributed by atoms with Crippen molar-refractivity contribution in [2.75, 3.05) is 33.3 Å². The number of nitrogens with one attached hydrogen (secondary N) is 3. The third-order valence-corrected chi connectivity index (χ3v) is 5.72. The summed E-state index contributed by atoms with van der Waals surface area (Å²) in [5.41, 5.74) is -0.836. The van der Waals surface area contributed by atoms with Crippen LogP contribution in [0.25, 0.3) is 0 Å².